The minimum atomic E-state index is 0.409. The molecule has 0 unspecified atom stereocenters. The Morgan fingerprint density at radius 2 is 2.10 bits per heavy atom. The van der Waals surface area contributed by atoms with Gasteiger partial charge in [-0.3, -0.25) is 4.68 Å². The van der Waals surface area contributed by atoms with Gasteiger partial charge >= 0.3 is 0 Å². The number of aromatic nitrogens is 4. The number of hydrogen-bond donors (Lipinski definition) is 1. The molecule has 1 N–H and O–H groups in total. The standard InChI is InChI=1S/C15H25N5/c1-4-7-16-8-5-14-10-19(12-17-14)11-15-6-9-20(18-15)13(2)3/h6,9-10,12-13,16H,4-5,7-8,11H2,1-3H3. The van der Waals surface area contributed by atoms with Crippen LogP contribution in [0, 0.1) is 0 Å². The minimum Gasteiger partial charge on any atom is -0.331 e. The lowest BCUT2D eigenvalue weighted by molar-refractivity contribution is 0.523. The van der Waals surface area contributed by atoms with Gasteiger partial charge in [0.15, 0.2) is 0 Å². The van der Waals surface area contributed by atoms with Gasteiger partial charge in [-0.15, -0.1) is 0 Å². The van der Waals surface area contributed by atoms with E-state index in [0.717, 1.165) is 37.4 Å². The predicted octanol–water partition coefficient (Wildman–Crippen LogP) is 2.25. The highest BCUT2D eigenvalue weighted by atomic mass is 15.3. The van der Waals surface area contributed by atoms with Crippen molar-refractivity contribution in [3.8, 4) is 0 Å². The molecule has 2 aromatic heterocycles. The molecular weight excluding hydrogens is 250 g/mol. The maximum atomic E-state index is 4.56. The summed E-state index contributed by atoms with van der Waals surface area (Å²) >= 11 is 0. The second-order valence-corrected chi connectivity index (χ2v) is 5.42. The normalized spacial score (nSPS) is 11.4. The highest BCUT2D eigenvalue weighted by molar-refractivity contribution is 5.04. The van der Waals surface area contributed by atoms with Crippen LogP contribution in [0.25, 0.3) is 0 Å². The molecule has 0 aliphatic rings. The van der Waals surface area contributed by atoms with Crippen LogP contribution in [0.3, 0.4) is 0 Å². The molecule has 0 fully saturated rings. The quantitative estimate of drug-likeness (QED) is 0.752. The molecule has 2 aromatic rings. The van der Waals surface area contributed by atoms with Gasteiger partial charge in [0, 0.05) is 31.4 Å². The van der Waals surface area contributed by atoms with Crippen LogP contribution in [0.2, 0.25) is 0 Å². The number of imidazole rings is 1. The molecule has 0 atom stereocenters. The monoisotopic (exact) mass is 275 g/mol. The van der Waals surface area contributed by atoms with E-state index < -0.39 is 0 Å². The number of hydrogen-bond acceptors (Lipinski definition) is 3. The molecule has 0 aliphatic heterocycles. The molecular formula is C15H25N5. The maximum absolute atomic E-state index is 4.56. The molecule has 0 saturated carbocycles. The Balaban J connectivity index is 1.85. The Hall–Kier alpha value is -1.62. The van der Waals surface area contributed by atoms with Gasteiger partial charge in [0.25, 0.3) is 0 Å². The first-order chi connectivity index (χ1) is 9.69. The fraction of sp³-hybridized carbons (Fsp3) is 0.600. The second kappa shape index (κ2) is 7.24. The maximum Gasteiger partial charge on any atom is 0.0953 e. The summed E-state index contributed by atoms with van der Waals surface area (Å²) in [6.45, 7) is 9.30. The summed E-state index contributed by atoms with van der Waals surface area (Å²) in [6.07, 6.45) is 8.19. The predicted molar refractivity (Wildman–Crippen MR) is 80.8 cm³/mol. The van der Waals surface area contributed by atoms with E-state index >= 15 is 0 Å². The average molecular weight is 275 g/mol. The largest absolute Gasteiger partial charge is 0.331 e. The van der Waals surface area contributed by atoms with E-state index in [-0.39, 0.29) is 0 Å². The first-order valence-electron chi connectivity index (χ1n) is 7.44. The first-order valence-corrected chi connectivity index (χ1v) is 7.44. The summed E-state index contributed by atoms with van der Waals surface area (Å²) in [6, 6.07) is 2.48. The lowest BCUT2D eigenvalue weighted by atomic mass is 10.3. The molecule has 0 amide bonds. The van der Waals surface area contributed by atoms with Crippen molar-refractivity contribution in [3.63, 3.8) is 0 Å². The molecule has 5 heteroatoms. The zero-order valence-electron chi connectivity index (χ0n) is 12.7. The van der Waals surface area contributed by atoms with E-state index in [1.165, 1.54) is 6.42 Å². The van der Waals surface area contributed by atoms with E-state index in [1.807, 2.05) is 17.2 Å². The molecule has 0 radical (unpaired) electrons. The molecule has 0 aromatic carbocycles. The summed E-state index contributed by atoms with van der Waals surface area (Å²) in [7, 11) is 0. The molecule has 0 bridgehead atoms. The Labute approximate surface area is 121 Å². The van der Waals surface area contributed by atoms with E-state index in [1.54, 1.807) is 0 Å². The van der Waals surface area contributed by atoms with Crippen molar-refractivity contribution in [1.82, 2.24) is 24.6 Å². The van der Waals surface area contributed by atoms with Crippen LogP contribution in [0.1, 0.15) is 44.6 Å². The zero-order valence-corrected chi connectivity index (χ0v) is 12.7. The van der Waals surface area contributed by atoms with Crippen LogP contribution in [-0.2, 0) is 13.0 Å². The van der Waals surface area contributed by atoms with Gasteiger partial charge < -0.3 is 9.88 Å². The van der Waals surface area contributed by atoms with Gasteiger partial charge in [-0.1, -0.05) is 6.92 Å². The highest BCUT2D eigenvalue weighted by Gasteiger charge is 2.04. The fourth-order valence-corrected chi connectivity index (χ4v) is 2.08. The third-order valence-electron chi connectivity index (χ3n) is 3.21. The topological polar surface area (TPSA) is 47.7 Å². The minimum absolute atomic E-state index is 0.409. The van der Waals surface area contributed by atoms with Crippen molar-refractivity contribution < 1.29 is 0 Å². The zero-order chi connectivity index (χ0) is 14.4. The van der Waals surface area contributed by atoms with E-state index in [9.17, 15) is 0 Å². The van der Waals surface area contributed by atoms with Crippen molar-refractivity contribution in [2.24, 2.45) is 0 Å². The fourth-order valence-electron chi connectivity index (χ4n) is 2.08. The van der Waals surface area contributed by atoms with Crippen molar-refractivity contribution in [2.45, 2.75) is 46.2 Å². The van der Waals surface area contributed by atoms with Gasteiger partial charge in [-0.25, -0.2) is 4.98 Å². The van der Waals surface area contributed by atoms with Crippen LogP contribution >= 0.6 is 0 Å². The van der Waals surface area contributed by atoms with E-state index in [4.69, 9.17) is 0 Å². The van der Waals surface area contributed by atoms with Gasteiger partial charge in [0.2, 0.25) is 0 Å². The molecule has 5 nitrogen and oxygen atoms in total. The lowest BCUT2D eigenvalue weighted by Crippen LogP contribution is -2.17. The van der Waals surface area contributed by atoms with Crippen LogP contribution in [0.15, 0.2) is 24.8 Å². The third kappa shape index (κ3) is 4.20. The molecule has 20 heavy (non-hydrogen) atoms. The Kier molecular flexibility index (Phi) is 5.35. The van der Waals surface area contributed by atoms with Crippen molar-refractivity contribution in [2.75, 3.05) is 13.1 Å². The third-order valence-corrected chi connectivity index (χ3v) is 3.21. The van der Waals surface area contributed by atoms with Gasteiger partial charge in [0.05, 0.1) is 24.3 Å². The lowest BCUT2D eigenvalue weighted by Gasteiger charge is -2.04. The molecule has 2 rings (SSSR count). The molecule has 0 aliphatic carbocycles. The van der Waals surface area contributed by atoms with E-state index in [2.05, 4.69) is 53.0 Å². The number of nitrogens with one attached hydrogen (secondary N) is 1. The smallest absolute Gasteiger partial charge is 0.0953 e. The van der Waals surface area contributed by atoms with Crippen molar-refractivity contribution >= 4 is 0 Å². The van der Waals surface area contributed by atoms with Crippen LogP contribution in [0.4, 0.5) is 0 Å². The molecule has 2 heterocycles. The van der Waals surface area contributed by atoms with Crippen LogP contribution in [0.5, 0.6) is 0 Å². The number of rotatable bonds is 8. The van der Waals surface area contributed by atoms with Crippen LogP contribution in [-0.4, -0.2) is 32.4 Å². The van der Waals surface area contributed by atoms with Crippen LogP contribution < -0.4 is 5.32 Å². The Morgan fingerprint density at radius 3 is 2.80 bits per heavy atom. The van der Waals surface area contributed by atoms with Gasteiger partial charge in [0.1, 0.15) is 0 Å². The second-order valence-electron chi connectivity index (χ2n) is 5.42. The van der Waals surface area contributed by atoms with E-state index in [0.29, 0.717) is 6.04 Å². The van der Waals surface area contributed by atoms with Gasteiger partial charge in [-0.05, 0) is 32.9 Å². The van der Waals surface area contributed by atoms with Crippen molar-refractivity contribution in [1.29, 1.82) is 0 Å². The number of nitrogens with zero attached hydrogens (tertiary/aromatic N) is 4. The summed E-state index contributed by atoms with van der Waals surface area (Å²) in [5, 5.41) is 7.95. The summed E-state index contributed by atoms with van der Waals surface area (Å²) < 4.78 is 4.09. The molecule has 0 spiro atoms. The molecule has 110 valence electrons. The highest BCUT2D eigenvalue weighted by Crippen LogP contribution is 2.06. The SMILES string of the molecule is CCCNCCc1cn(Cc2ccn(C(C)C)n2)cn1. The Bertz CT molecular complexity index is 512. The van der Waals surface area contributed by atoms with Gasteiger partial charge in [-0.2, -0.15) is 5.10 Å². The Morgan fingerprint density at radius 1 is 1.25 bits per heavy atom. The van der Waals surface area contributed by atoms with Crippen molar-refractivity contribution in [3.05, 3.63) is 36.2 Å². The summed E-state index contributed by atoms with van der Waals surface area (Å²) in [5.41, 5.74) is 2.21. The summed E-state index contributed by atoms with van der Waals surface area (Å²) in [5.74, 6) is 0. The average Bonchev–Trinajstić information content (AvgIpc) is 3.05. The molecule has 0 saturated heterocycles. The summed E-state index contributed by atoms with van der Waals surface area (Å²) in [4.78, 5) is 4.44. The first kappa shape index (κ1) is 14.8.